The van der Waals surface area contributed by atoms with Gasteiger partial charge in [-0.2, -0.15) is 0 Å². The number of benzene rings is 2. The molecule has 0 radical (unpaired) electrons. The van der Waals surface area contributed by atoms with Crippen LogP contribution in [0.15, 0.2) is 64.4 Å². The van der Waals surface area contributed by atoms with Crippen molar-refractivity contribution >= 4 is 35.3 Å². The van der Waals surface area contributed by atoms with Gasteiger partial charge in [-0.05, 0) is 56.5 Å². The first-order chi connectivity index (χ1) is 15.6. The van der Waals surface area contributed by atoms with Crippen LogP contribution in [0.2, 0.25) is 0 Å². The molecule has 1 N–H and O–H groups in total. The molecule has 32 heavy (non-hydrogen) atoms. The maximum Gasteiger partial charge on any atom is 0.265 e. The van der Waals surface area contributed by atoms with Crippen molar-refractivity contribution in [1.29, 1.82) is 0 Å². The average molecular weight is 450 g/mol. The maximum absolute atomic E-state index is 13.3. The monoisotopic (exact) mass is 449 g/mol. The quantitative estimate of drug-likeness (QED) is 0.498. The van der Waals surface area contributed by atoms with E-state index >= 15 is 0 Å². The predicted molar refractivity (Wildman–Crippen MR) is 132 cm³/mol. The molecule has 4 rings (SSSR count). The zero-order chi connectivity index (χ0) is 22.3. The summed E-state index contributed by atoms with van der Waals surface area (Å²) < 4.78 is 0. The zero-order valence-electron chi connectivity index (χ0n) is 18.6. The molecule has 2 heterocycles. The minimum atomic E-state index is -0.130. The summed E-state index contributed by atoms with van der Waals surface area (Å²) in [4.78, 5) is 31.7. The third-order valence-corrected chi connectivity index (χ3v) is 7.19. The molecule has 0 aliphatic carbocycles. The molecule has 1 saturated heterocycles. The second kappa shape index (κ2) is 10.8. The van der Waals surface area contributed by atoms with Crippen LogP contribution in [0.4, 0.5) is 5.69 Å². The summed E-state index contributed by atoms with van der Waals surface area (Å²) in [6.45, 7) is 5.11. The summed E-state index contributed by atoms with van der Waals surface area (Å²) in [6.07, 6.45) is 6.67. The summed E-state index contributed by atoms with van der Waals surface area (Å²) in [6, 6.07) is 18.2. The molecule has 2 aromatic carbocycles. The lowest BCUT2D eigenvalue weighted by Crippen LogP contribution is -2.43. The number of hydrogen-bond donors (Lipinski definition) is 1. The molecule has 1 fully saturated rings. The summed E-state index contributed by atoms with van der Waals surface area (Å²) >= 11 is 1.46. The topological polar surface area (TPSA) is 52.7 Å². The van der Waals surface area contributed by atoms with Crippen molar-refractivity contribution in [3.05, 3.63) is 65.1 Å². The fraction of sp³-hybridized carbons (Fsp3) is 0.385. The van der Waals surface area contributed by atoms with Gasteiger partial charge in [-0.1, -0.05) is 60.6 Å². The van der Waals surface area contributed by atoms with E-state index in [9.17, 15) is 9.59 Å². The number of nitrogens with one attached hydrogen (secondary N) is 1. The SMILES string of the molecule is C[C@@H]1CCCCN1CCCNC(=O)CN1C(=O)/C(=C/c2ccccc2)Sc2ccccc21. The Kier molecular flexibility index (Phi) is 7.66. The Morgan fingerprint density at radius 2 is 1.91 bits per heavy atom. The molecule has 1 atom stereocenters. The van der Waals surface area contributed by atoms with Crippen molar-refractivity contribution in [2.24, 2.45) is 0 Å². The second-order valence-corrected chi connectivity index (χ2v) is 9.55. The fourth-order valence-corrected chi connectivity index (χ4v) is 5.38. The number of para-hydroxylation sites is 1. The van der Waals surface area contributed by atoms with Crippen LogP contribution in [-0.2, 0) is 9.59 Å². The summed E-state index contributed by atoms with van der Waals surface area (Å²) in [7, 11) is 0. The van der Waals surface area contributed by atoms with Gasteiger partial charge in [-0.25, -0.2) is 0 Å². The Labute approximate surface area is 194 Å². The van der Waals surface area contributed by atoms with Crippen LogP contribution in [0.25, 0.3) is 6.08 Å². The Morgan fingerprint density at radius 1 is 1.12 bits per heavy atom. The van der Waals surface area contributed by atoms with E-state index in [2.05, 4.69) is 17.1 Å². The van der Waals surface area contributed by atoms with E-state index in [0.29, 0.717) is 17.5 Å². The maximum atomic E-state index is 13.3. The van der Waals surface area contributed by atoms with Crippen LogP contribution < -0.4 is 10.2 Å². The van der Waals surface area contributed by atoms with Crippen molar-refractivity contribution < 1.29 is 9.59 Å². The van der Waals surface area contributed by atoms with Gasteiger partial charge in [0, 0.05) is 24.0 Å². The van der Waals surface area contributed by atoms with E-state index in [1.807, 2.05) is 60.7 Å². The molecule has 0 unspecified atom stereocenters. The number of likely N-dealkylation sites (tertiary alicyclic amines) is 1. The molecule has 5 nitrogen and oxygen atoms in total. The number of amides is 2. The van der Waals surface area contributed by atoms with Gasteiger partial charge in [0.25, 0.3) is 5.91 Å². The summed E-state index contributed by atoms with van der Waals surface area (Å²) in [5.41, 5.74) is 1.77. The van der Waals surface area contributed by atoms with E-state index in [1.165, 1.54) is 31.0 Å². The van der Waals surface area contributed by atoms with Crippen LogP contribution in [0, 0.1) is 0 Å². The Bertz CT molecular complexity index is 976. The number of carbonyl (C=O) groups excluding carboxylic acids is 2. The predicted octanol–water partition coefficient (Wildman–Crippen LogP) is 4.55. The van der Waals surface area contributed by atoms with E-state index in [-0.39, 0.29) is 18.4 Å². The van der Waals surface area contributed by atoms with Crippen LogP contribution in [0.5, 0.6) is 0 Å². The minimum Gasteiger partial charge on any atom is -0.355 e. The molecule has 0 spiro atoms. The van der Waals surface area contributed by atoms with E-state index in [4.69, 9.17) is 0 Å². The van der Waals surface area contributed by atoms with E-state index < -0.39 is 0 Å². The molecular weight excluding hydrogens is 418 g/mol. The highest BCUT2D eigenvalue weighted by atomic mass is 32.2. The number of hydrogen-bond acceptors (Lipinski definition) is 4. The van der Waals surface area contributed by atoms with Gasteiger partial charge in [-0.3, -0.25) is 14.5 Å². The number of nitrogens with zero attached hydrogens (tertiary/aromatic N) is 2. The lowest BCUT2D eigenvalue weighted by Gasteiger charge is -2.33. The van der Waals surface area contributed by atoms with E-state index in [0.717, 1.165) is 35.7 Å². The number of anilines is 1. The van der Waals surface area contributed by atoms with Crippen molar-refractivity contribution in [2.75, 3.05) is 31.1 Å². The molecular formula is C26H31N3O2S. The number of carbonyl (C=O) groups is 2. The molecule has 0 aromatic heterocycles. The van der Waals surface area contributed by atoms with Gasteiger partial charge >= 0.3 is 0 Å². The molecule has 0 saturated carbocycles. The number of rotatable bonds is 7. The van der Waals surface area contributed by atoms with Crippen LogP contribution in [0.1, 0.15) is 38.2 Å². The van der Waals surface area contributed by atoms with Crippen molar-refractivity contribution in [2.45, 2.75) is 43.5 Å². The second-order valence-electron chi connectivity index (χ2n) is 8.46. The number of piperidine rings is 1. The third-order valence-electron chi connectivity index (χ3n) is 6.12. The number of thioether (sulfide) groups is 1. The highest BCUT2D eigenvalue weighted by Crippen LogP contribution is 2.41. The van der Waals surface area contributed by atoms with Crippen molar-refractivity contribution in [3.8, 4) is 0 Å². The van der Waals surface area contributed by atoms with Gasteiger partial charge in [0.05, 0.1) is 10.6 Å². The minimum absolute atomic E-state index is 0.0304. The van der Waals surface area contributed by atoms with Gasteiger partial charge in [0.1, 0.15) is 6.54 Å². The van der Waals surface area contributed by atoms with Gasteiger partial charge in [0.2, 0.25) is 5.91 Å². The van der Waals surface area contributed by atoms with E-state index in [1.54, 1.807) is 4.90 Å². The third kappa shape index (κ3) is 5.61. The largest absolute Gasteiger partial charge is 0.355 e. The lowest BCUT2D eigenvalue weighted by molar-refractivity contribution is -0.122. The first-order valence-electron chi connectivity index (χ1n) is 11.5. The van der Waals surface area contributed by atoms with Crippen LogP contribution in [0.3, 0.4) is 0 Å². The fourth-order valence-electron chi connectivity index (χ4n) is 4.32. The summed E-state index contributed by atoms with van der Waals surface area (Å²) in [5.74, 6) is -0.249. The standard InChI is InChI=1S/C26H31N3O2S/c1-20-10-7-8-16-28(20)17-9-15-27-25(30)19-29-22-13-5-6-14-23(22)32-24(26(29)31)18-21-11-3-2-4-12-21/h2-6,11-14,18,20H,7-10,15-17,19H2,1H3,(H,27,30)/b24-18-/t20-/m1/s1. The van der Waals surface area contributed by atoms with Crippen molar-refractivity contribution in [1.82, 2.24) is 10.2 Å². The van der Waals surface area contributed by atoms with Crippen LogP contribution >= 0.6 is 11.8 Å². The molecule has 2 aromatic rings. The van der Waals surface area contributed by atoms with Crippen molar-refractivity contribution in [3.63, 3.8) is 0 Å². The normalized spacial score (nSPS) is 20.3. The first-order valence-corrected chi connectivity index (χ1v) is 12.3. The number of fused-ring (bicyclic) bond motifs is 1. The average Bonchev–Trinajstić information content (AvgIpc) is 2.81. The molecule has 0 bridgehead atoms. The zero-order valence-corrected chi connectivity index (χ0v) is 19.4. The Morgan fingerprint density at radius 3 is 2.72 bits per heavy atom. The molecule has 2 aliphatic rings. The highest BCUT2D eigenvalue weighted by molar-refractivity contribution is 8.04. The van der Waals surface area contributed by atoms with Crippen LogP contribution in [-0.4, -0.2) is 48.9 Å². The molecule has 168 valence electrons. The highest BCUT2D eigenvalue weighted by Gasteiger charge is 2.30. The molecule has 2 amide bonds. The van der Waals surface area contributed by atoms with Gasteiger partial charge < -0.3 is 10.2 Å². The smallest absolute Gasteiger partial charge is 0.265 e. The Balaban J connectivity index is 1.38. The first kappa shape index (κ1) is 22.6. The van der Waals surface area contributed by atoms with Gasteiger partial charge in [0.15, 0.2) is 0 Å². The Hall–Kier alpha value is -2.57. The lowest BCUT2D eigenvalue weighted by atomic mass is 10.0. The summed E-state index contributed by atoms with van der Waals surface area (Å²) in [5, 5.41) is 3.01. The molecule has 6 heteroatoms. The molecule has 2 aliphatic heterocycles. The van der Waals surface area contributed by atoms with Gasteiger partial charge in [-0.15, -0.1) is 0 Å².